The molecule has 0 unspecified atom stereocenters. The lowest BCUT2D eigenvalue weighted by Gasteiger charge is -2.32. The van der Waals surface area contributed by atoms with Crippen LogP contribution < -0.4 is 10.6 Å². The molecule has 146 valence electrons. The molecule has 1 aromatic rings. The SMILES string of the molecule is CN=C(NCCc1cc(Cl)ccc1Br)NC1CCN(C(=O)OC)CC1.I. The van der Waals surface area contributed by atoms with E-state index in [9.17, 15) is 4.79 Å². The molecule has 0 bridgehead atoms. The molecule has 1 aromatic carbocycles. The third-order valence-electron chi connectivity index (χ3n) is 4.19. The standard InChI is InChI=1S/C17H24BrClN4O2.HI/c1-20-16(21-8-5-12-11-13(19)3-4-15(12)18)22-14-6-9-23(10-7-14)17(24)25-2;/h3-4,11,14H,5-10H2,1-2H3,(H2,20,21,22);1H. The van der Waals surface area contributed by atoms with Crippen molar-refractivity contribution in [2.24, 2.45) is 4.99 Å². The highest BCUT2D eigenvalue weighted by molar-refractivity contribution is 14.0. The first kappa shape index (κ1) is 23.3. The van der Waals surface area contributed by atoms with Crippen LogP contribution in [0.15, 0.2) is 27.7 Å². The number of hydrogen-bond acceptors (Lipinski definition) is 3. The average molecular weight is 560 g/mol. The van der Waals surface area contributed by atoms with Gasteiger partial charge in [-0.15, -0.1) is 24.0 Å². The van der Waals surface area contributed by atoms with Gasteiger partial charge in [0.15, 0.2) is 5.96 Å². The Morgan fingerprint density at radius 2 is 2.12 bits per heavy atom. The van der Waals surface area contributed by atoms with E-state index in [-0.39, 0.29) is 30.1 Å². The second-order valence-corrected chi connectivity index (χ2v) is 7.15. The molecule has 9 heteroatoms. The highest BCUT2D eigenvalue weighted by atomic mass is 127. The Kier molecular flexibility index (Phi) is 10.6. The number of piperidine rings is 1. The number of guanidine groups is 1. The molecule has 0 saturated carbocycles. The molecule has 2 N–H and O–H groups in total. The van der Waals surface area contributed by atoms with Gasteiger partial charge in [0.25, 0.3) is 0 Å². The lowest BCUT2D eigenvalue weighted by molar-refractivity contribution is 0.111. The predicted molar refractivity (Wildman–Crippen MR) is 120 cm³/mol. The van der Waals surface area contributed by atoms with E-state index in [2.05, 4.69) is 31.6 Å². The number of nitrogens with zero attached hydrogens (tertiary/aromatic N) is 2. The zero-order chi connectivity index (χ0) is 18.2. The van der Waals surface area contributed by atoms with Crippen LogP contribution in [0.3, 0.4) is 0 Å². The molecule has 1 amide bonds. The summed E-state index contributed by atoms with van der Waals surface area (Å²) in [5, 5.41) is 7.48. The normalized spacial score (nSPS) is 15.2. The Balaban J connectivity index is 0.00000338. The van der Waals surface area contributed by atoms with Crippen LogP contribution in [-0.4, -0.2) is 56.8 Å². The molecule has 1 heterocycles. The molecule has 0 aliphatic carbocycles. The van der Waals surface area contributed by atoms with Crippen LogP contribution in [0.5, 0.6) is 0 Å². The van der Waals surface area contributed by atoms with E-state index in [0.717, 1.165) is 46.8 Å². The maximum Gasteiger partial charge on any atom is 0.409 e. The Morgan fingerprint density at radius 3 is 2.73 bits per heavy atom. The summed E-state index contributed by atoms with van der Waals surface area (Å²) in [4.78, 5) is 17.5. The number of ether oxygens (including phenoxy) is 1. The van der Waals surface area contributed by atoms with Gasteiger partial charge in [0.1, 0.15) is 0 Å². The Morgan fingerprint density at radius 1 is 1.42 bits per heavy atom. The van der Waals surface area contributed by atoms with E-state index in [0.29, 0.717) is 19.1 Å². The summed E-state index contributed by atoms with van der Waals surface area (Å²) in [5.74, 6) is 0.773. The van der Waals surface area contributed by atoms with Crippen molar-refractivity contribution in [3.8, 4) is 0 Å². The van der Waals surface area contributed by atoms with E-state index in [4.69, 9.17) is 16.3 Å². The highest BCUT2D eigenvalue weighted by Gasteiger charge is 2.23. The number of halogens is 3. The van der Waals surface area contributed by atoms with Crippen LogP contribution in [0.1, 0.15) is 18.4 Å². The smallest absolute Gasteiger partial charge is 0.409 e. The van der Waals surface area contributed by atoms with Gasteiger partial charge in [-0.1, -0.05) is 27.5 Å². The second-order valence-electron chi connectivity index (χ2n) is 5.86. The first-order chi connectivity index (χ1) is 12.0. The molecule has 26 heavy (non-hydrogen) atoms. The lowest BCUT2D eigenvalue weighted by atomic mass is 10.1. The van der Waals surface area contributed by atoms with Gasteiger partial charge >= 0.3 is 6.09 Å². The van der Waals surface area contributed by atoms with Gasteiger partial charge in [-0.3, -0.25) is 4.99 Å². The fourth-order valence-electron chi connectivity index (χ4n) is 2.77. The molecule has 1 saturated heterocycles. The Labute approximate surface area is 185 Å². The van der Waals surface area contributed by atoms with Gasteiger partial charge in [0, 0.05) is 42.2 Å². The van der Waals surface area contributed by atoms with Gasteiger partial charge in [-0.2, -0.15) is 0 Å². The van der Waals surface area contributed by atoms with Crippen LogP contribution in [-0.2, 0) is 11.2 Å². The van der Waals surface area contributed by atoms with Gasteiger partial charge in [-0.25, -0.2) is 4.79 Å². The minimum absolute atomic E-state index is 0. The molecule has 1 aliphatic heterocycles. The van der Waals surface area contributed by atoms with Gasteiger partial charge in [-0.05, 0) is 43.0 Å². The van der Waals surface area contributed by atoms with Gasteiger partial charge in [0.2, 0.25) is 0 Å². The molecule has 0 radical (unpaired) electrons. The second kappa shape index (κ2) is 11.9. The Bertz CT molecular complexity index is 625. The molecular weight excluding hydrogens is 534 g/mol. The Hall–Kier alpha value is -0.740. The minimum Gasteiger partial charge on any atom is -0.453 e. The van der Waals surface area contributed by atoms with Crippen LogP contribution >= 0.6 is 51.5 Å². The van der Waals surface area contributed by atoms with Crippen LogP contribution in [0.4, 0.5) is 4.79 Å². The third-order valence-corrected chi connectivity index (χ3v) is 5.20. The topological polar surface area (TPSA) is 66.0 Å². The average Bonchev–Trinajstić information content (AvgIpc) is 2.63. The van der Waals surface area contributed by atoms with Gasteiger partial charge < -0.3 is 20.3 Å². The number of rotatable bonds is 4. The fourth-order valence-corrected chi connectivity index (χ4v) is 3.41. The first-order valence-corrected chi connectivity index (χ1v) is 9.44. The number of carbonyl (C=O) groups excluding carboxylic acids is 1. The van der Waals surface area contributed by atoms with Crippen molar-refractivity contribution in [2.75, 3.05) is 33.8 Å². The van der Waals surface area contributed by atoms with Crippen LogP contribution in [0.2, 0.25) is 5.02 Å². The number of benzene rings is 1. The molecule has 6 nitrogen and oxygen atoms in total. The quantitative estimate of drug-likeness (QED) is 0.336. The first-order valence-electron chi connectivity index (χ1n) is 8.27. The number of nitrogens with one attached hydrogen (secondary N) is 2. The van der Waals surface area contributed by atoms with Crippen LogP contribution in [0, 0.1) is 0 Å². The highest BCUT2D eigenvalue weighted by Crippen LogP contribution is 2.21. The monoisotopic (exact) mass is 558 g/mol. The van der Waals surface area contributed by atoms with E-state index in [1.165, 1.54) is 7.11 Å². The van der Waals surface area contributed by atoms with Crippen molar-refractivity contribution in [1.29, 1.82) is 0 Å². The van der Waals surface area contributed by atoms with Crippen molar-refractivity contribution in [2.45, 2.75) is 25.3 Å². The maximum absolute atomic E-state index is 11.5. The third kappa shape index (κ3) is 7.11. The lowest BCUT2D eigenvalue weighted by Crippen LogP contribution is -2.50. The maximum atomic E-state index is 11.5. The fraction of sp³-hybridized carbons (Fsp3) is 0.529. The number of amides is 1. The zero-order valence-corrected chi connectivity index (χ0v) is 19.6. The number of likely N-dealkylation sites (tertiary alicyclic amines) is 1. The molecular formula is C17H25BrClIN4O2. The summed E-state index contributed by atoms with van der Waals surface area (Å²) in [5.41, 5.74) is 1.15. The minimum atomic E-state index is -0.256. The molecule has 0 atom stereocenters. The summed E-state index contributed by atoms with van der Waals surface area (Å²) < 4.78 is 5.81. The number of hydrogen-bond donors (Lipinski definition) is 2. The molecule has 0 aromatic heterocycles. The van der Waals surface area contributed by atoms with Crippen molar-refractivity contribution in [3.05, 3.63) is 33.3 Å². The van der Waals surface area contributed by atoms with E-state index in [1.54, 1.807) is 11.9 Å². The van der Waals surface area contributed by atoms with E-state index >= 15 is 0 Å². The van der Waals surface area contributed by atoms with Crippen LogP contribution in [0.25, 0.3) is 0 Å². The number of aliphatic imine (C=N–C) groups is 1. The van der Waals surface area contributed by atoms with Crippen molar-refractivity contribution < 1.29 is 9.53 Å². The molecule has 1 aliphatic rings. The molecule has 2 rings (SSSR count). The van der Waals surface area contributed by atoms with Gasteiger partial charge in [0.05, 0.1) is 7.11 Å². The number of methoxy groups -OCH3 is 1. The number of carbonyl (C=O) groups is 1. The summed E-state index contributed by atoms with van der Waals surface area (Å²) >= 11 is 9.59. The van der Waals surface area contributed by atoms with E-state index in [1.807, 2.05) is 18.2 Å². The summed E-state index contributed by atoms with van der Waals surface area (Å²) in [6.07, 6.45) is 2.32. The summed E-state index contributed by atoms with van der Waals surface area (Å²) in [7, 11) is 3.17. The molecule has 0 spiro atoms. The van der Waals surface area contributed by atoms with Crippen molar-refractivity contribution >= 4 is 63.6 Å². The predicted octanol–water partition coefficient (Wildman–Crippen LogP) is 3.66. The van der Waals surface area contributed by atoms with Crippen molar-refractivity contribution in [1.82, 2.24) is 15.5 Å². The summed E-state index contributed by atoms with van der Waals surface area (Å²) in [6.45, 7) is 2.13. The summed E-state index contributed by atoms with van der Waals surface area (Å²) in [6, 6.07) is 6.08. The van der Waals surface area contributed by atoms with E-state index < -0.39 is 0 Å². The zero-order valence-electron chi connectivity index (χ0n) is 14.9. The largest absolute Gasteiger partial charge is 0.453 e. The molecule has 1 fully saturated rings. The van der Waals surface area contributed by atoms with Crippen molar-refractivity contribution in [3.63, 3.8) is 0 Å².